The first-order valence-electron chi connectivity index (χ1n) is 4.16. The van der Waals surface area contributed by atoms with Gasteiger partial charge in [-0.1, -0.05) is 0 Å². The molecule has 0 aliphatic carbocycles. The average Bonchev–Trinajstić information content (AvgIpc) is 2.05. The Balaban J connectivity index is 4.36. The minimum atomic E-state index is -1.11. The lowest BCUT2D eigenvalue weighted by Crippen LogP contribution is -2.37. The van der Waals surface area contributed by atoms with Crippen LogP contribution in [-0.4, -0.2) is 32.1 Å². The van der Waals surface area contributed by atoms with Gasteiger partial charge < -0.3 is 9.47 Å². The highest BCUT2D eigenvalue weighted by molar-refractivity contribution is 6.03. The van der Waals surface area contributed by atoms with Crippen molar-refractivity contribution in [1.82, 2.24) is 0 Å². The lowest BCUT2D eigenvalue weighted by atomic mass is 9.88. The number of methoxy groups -OCH3 is 1. The maximum absolute atomic E-state index is 11.4. The molecule has 0 saturated carbocycles. The highest BCUT2D eigenvalue weighted by Crippen LogP contribution is 2.18. The van der Waals surface area contributed by atoms with Crippen molar-refractivity contribution < 1.29 is 19.1 Å². The summed E-state index contributed by atoms with van der Waals surface area (Å²) >= 11 is 0. The summed E-state index contributed by atoms with van der Waals surface area (Å²) in [7, 11) is 1.42. The minimum Gasteiger partial charge on any atom is -0.465 e. The summed E-state index contributed by atoms with van der Waals surface area (Å²) in [5.74, 6) is -0.773. The van der Waals surface area contributed by atoms with Crippen molar-refractivity contribution in [3.8, 4) is 0 Å². The number of carbonyl (C=O) groups excluding carboxylic acids is 2. The van der Waals surface area contributed by atoms with E-state index in [2.05, 4.69) is 4.74 Å². The van der Waals surface area contributed by atoms with Gasteiger partial charge >= 0.3 is 5.97 Å². The average molecular weight is 188 g/mol. The number of esters is 1. The fourth-order valence-electron chi connectivity index (χ4n) is 0.737. The molecular weight excluding hydrogens is 172 g/mol. The summed E-state index contributed by atoms with van der Waals surface area (Å²) < 4.78 is 9.42. The van der Waals surface area contributed by atoms with E-state index in [1.807, 2.05) is 0 Å². The lowest BCUT2D eigenvalue weighted by molar-refractivity contribution is -0.159. The fourth-order valence-corrected chi connectivity index (χ4v) is 0.737. The van der Waals surface area contributed by atoms with Gasteiger partial charge in [-0.25, -0.2) is 0 Å². The van der Waals surface area contributed by atoms with Crippen LogP contribution >= 0.6 is 0 Å². The Hall–Kier alpha value is -0.900. The van der Waals surface area contributed by atoms with Crippen LogP contribution < -0.4 is 0 Å². The Bertz CT molecular complexity index is 176. The highest BCUT2D eigenvalue weighted by atomic mass is 16.5. The second-order valence-corrected chi connectivity index (χ2v) is 3.20. The number of rotatable bonds is 5. The summed E-state index contributed by atoms with van der Waals surface area (Å²) in [5, 5.41) is 0. The van der Waals surface area contributed by atoms with Crippen molar-refractivity contribution in [1.29, 1.82) is 0 Å². The molecule has 0 atom stereocenters. The van der Waals surface area contributed by atoms with E-state index in [0.717, 1.165) is 0 Å². The molecule has 0 rings (SSSR count). The van der Waals surface area contributed by atoms with Crippen LogP contribution in [0.4, 0.5) is 0 Å². The van der Waals surface area contributed by atoms with E-state index in [0.29, 0.717) is 0 Å². The van der Waals surface area contributed by atoms with Gasteiger partial charge in [0.1, 0.15) is 12.0 Å². The zero-order valence-corrected chi connectivity index (χ0v) is 8.55. The van der Waals surface area contributed by atoms with Crippen molar-refractivity contribution >= 4 is 11.8 Å². The molecule has 0 radical (unpaired) electrons. The van der Waals surface area contributed by atoms with Gasteiger partial charge in [0.15, 0.2) is 5.78 Å². The first-order valence-corrected chi connectivity index (χ1v) is 4.16. The molecule has 0 aliphatic heterocycles. The van der Waals surface area contributed by atoms with E-state index in [1.165, 1.54) is 21.0 Å². The molecule has 0 bridgehead atoms. The van der Waals surface area contributed by atoms with Crippen molar-refractivity contribution in [2.45, 2.75) is 20.8 Å². The third kappa shape index (κ3) is 3.14. The van der Waals surface area contributed by atoms with Gasteiger partial charge in [0.2, 0.25) is 0 Å². The summed E-state index contributed by atoms with van der Waals surface area (Å²) in [4.78, 5) is 22.6. The monoisotopic (exact) mass is 188 g/mol. The number of carbonyl (C=O) groups is 2. The summed E-state index contributed by atoms with van der Waals surface area (Å²) in [6, 6.07) is 0. The Morgan fingerprint density at radius 2 is 1.85 bits per heavy atom. The van der Waals surface area contributed by atoms with Crippen LogP contribution in [0.2, 0.25) is 0 Å². The van der Waals surface area contributed by atoms with Crippen LogP contribution in [0, 0.1) is 5.41 Å². The number of ketones is 1. The van der Waals surface area contributed by atoms with Crippen LogP contribution in [0.3, 0.4) is 0 Å². The van der Waals surface area contributed by atoms with Gasteiger partial charge in [0.05, 0.1) is 6.61 Å². The second-order valence-electron chi connectivity index (χ2n) is 3.20. The van der Waals surface area contributed by atoms with Crippen molar-refractivity contribution in [2.75, 3.05) is 20.3 Å². The van der Waals surface area contributed by atoms with Crippen LogP contribution in [-0.2, 0) is 19.1 Å². The maximum Gasteiger partial charge on any atom is 0.319 e. The van der Waals surface area contributed by atoms with Crippen molar-refractivity contribution in [3.05, 3.63) is 0 Å². The summed E-state index contributed by atoms with van der Waals surface area (Å²) in [5.41, 5.74) is -1.11. The van der Waals surface area contributed by atoms with Gasteiger partial charge in [-0.05, 0) is 20.8 Å². The van der Waals surface area contributed by atoms with Crippen molar-refractivity contribution in [3.63, 3.8) is 0 Å². The maximum atomic E-state index is 11.4. The number of hydrogen-bond donors (Lipinski definition) is 0. The molecule has 13 heavy (non-hydrogen) atoms. The Morgan fingerprint density at radius 1 is 1.31 bits per heavy atom. The van der Waals surface area contributed by atoms with Gasteiger partial charge in [0.25, 0.3) is 0 Å². The predicted octanol–water partition coefficient (Wildman–Crippen LogP) is 0.791. The molecule has 0 aliphatic rings. The number of hydrogen-bond acceptors (Lipinski definition) is 4. The Morgan fingerprint density at radius 3 is 2.23 bits per heavy atom. The van der Waals surface area contributed by atoms with E-state index < -0.39 is 11.4 Å². The zero-order valence-electron chi connectivity index (χ0n) is 8.55. The Labute approximate surface area is 78.2 Å². The molecule has 4 nitrogen and oxygen atoms in total. The zero-order chi connectivity index (χ0) is 10.5. The minimum absolute atomic E-state index is 0.0637. The second kappa shape index (κ2) is 4.97. The predicted molar refractivity (Wildman–Crippen MR) is 47.3 cm³/mol. The van der Waals surface area contributed by atoms with Crippen LogP contribution in [0.15, 0.2) is 0 Å². The van der Waals surface area contributed by atoms with Crippen LogP contribution in [0.1, 0.15) is 20.8 Å². The molecule has 0 saturated heterocycles. The third-order valence-corrected chi connectivity index (χ3v) is 1.76. The molecule has 0 amide bonds. The molecule has 0 unspecified atom stereocenters. The van der Waals surface area contributed by atoms with Gasteiger partial charge in [0, 0.05) is 7.11 Å². The third-order valence-electron chi connectivity index (χ3n) is 1.76. The number of Topliss-reactive ketones (excluding diaryl/α,β-unsaturated/α-hetero) is 1. The smallest absolute Gasteiger partial charge is 0.319 e. The van der Waals surface area contributed by atoms with E-state index in [-0.39, 0.29) is 19.0 Å². The van der Waals surface area contributed by atoms with E-state index in [9.17, 15) is 9.59 Å². The van der Waals surface area contributed by atoms with Gasteiger partial charge in [-0.2, -0.15) is 0 Å². The van der Waals surface area contributed by atoms with Gasteiger partial charge in [-0.3, -0.25) is 9.59 Å². The van der Waals surface area contributed by atoms with Gasteiger partial charge in [-0.15, -0.1) is 0 Å². The van der Waals surface area contributed by atoms with Crippen LogP contribution in [0.25, 0.3) is 0 Å². The molecule has 0 N–H and O–H groups in total. The fraction of sp³-hybridized carbons (Fsp3) is 0.778. The molecule has 0 aromatic heterocycles. The van der Waals surface area contributed by atoms with E-state index in [4.69, 9.17) is 4.74 Å². The van der Waals surface area contributed by atoms with Crippen molar-refractivity contribution in [2.24, 2.45) is 5.41 Å². The van der Waals surface area contributed by atoms with E-state index in [1.54, 1.807) is 6.92 Å². The highest BCUT2D eigenvalue weighted by Gasteiger charge is 2.36. The topological polar surface area (TPSA) is 52.6 Å². The number of ether oxygens (including phenoxy) is 2. The first-order chi connectivity index (χ1) is 5.96. The Kier molecular flexibility index (Phi) is 4.62. The molecule has 0 fully saturated rings. The summed E-state index contributed by atoms with van der Waals surface area (Å²) in [6.45, 7) is 4.99. The molecule has 0 aromatic rings. The molecular formula is C9H16O4. The molecule has 0 heterocycles. The lowest BCUT2D eigenvalue weighted by Gasteiger charge is -2.19. The SMILES string of the molecule is CCOC(=O)C(C)(C)C(=O)COC. The standard InChI is InChI=1S/C9H16O4/c1-5-13-8(11)9(2,3)7(10)6-12-4/h5-6H2,1-4H3. The molecule has 0 spiro atoms. The molecule has 0 aromatic carbocycles. The molecule has 76 valence electrons. The van der Waals surface area contributed by atoms with Crippen LogP contribution in [0.5, 0.6) is 0 Å². The quantitative estimate of drug-likeness (QED) is 0.473. The molecule has 4 heteroatoms. The summed E-state index contributed by atoms with van der Waals surface area (Å²) in [6.07, 6.45) is 0. The van der Waals surface area contributed by atoms with E-state index >= 15 is 0 Å². The largest absolute Gasteiger partial charge is 0.465 e. The normalized spacial score (nSPS) is 11.1. The first kappa shape index (κ1) is 12.1.